The van der Waals surface area contributed by atoms with Gasteiger partial charge in [-0.1, -0.05) is 25.9 Å². The van der Waals surface area contributed by atoms with E-state index in [1.165, 1.54) is 25.0 Å². The molecule has 1 aromatic rings. The Labute approximate surface area is 122 Å². The van der Waals surface area contributed by atoms with Gasteiger partial charge in [0.2, 0.25) is 0 Å². The molecule has 110 valence electrons. The summed E-state index contributed by atoms with van der Waals surface area (Å²) in [6.45, 7) is 5.90. The molecule has 7 heteroatoms. The van der Waals surface area contributed by atoms with Crippen LogP contribution >= 0.6 is 11.8 Å². The van der Waals surface area contributed by atoms with Gasteiger partial charge in [-0.25, -0.2) is 4.79 Å². The molecular formula is C13H19N3O3S. The fraction of sp³-hybridized carbons (Fsp3) is 0.462. The van der Waals surface area contributed by atoms with Crippen molar-refractivity contribution in [2.75, 3.05) is 12.8 Å². The summed E-state index contributed by atoms with van der Waals surface area (Å²) in [5, 5.41) is 18.3. The molecule has 1 rings (SSSR count). The molecule has 6 nitrogen and oxygen atoms in total. The van der Waals surface area contributed by atoms with Crippen LogP contribution in [0.15, 0.2) is 34.6 Å². The SMILES string of the molecule is CNC(=O)O/N=C(/CSc1cccc[n+]1[O-])C(C)(C)C. The number of hydrogen-bond donors (Lipinski definition) is 1. The van der Waals surface area contributed by atoms with E-state index in [9.17, 15) is 10.0 Å². The molecular weight excluding hydrogens is 278 g/mol. The highest BCUT2D eigenvalue weighted by molar-refractivity contribution is 7.99. The zero-order chi connectivity index (χ0) is 15.2. The number of carbonyl (C=O) groups excluding carboxylic acids is 1. The fourth-order valence-corrected chi connectivity index (χ4v) is 2.32. The van der Waals surface area contributed by atoms with E-state index in [1.54, 1.807) is 18.2 Å². The van der Waals surface area contributed by atoms with Crippen LogP contribution in [0.1, 0.15) is 20.8 Å². The minimum Gasteiger partial charge on any atom is -0.618 e. The maximum absolute atomic E-state index is 11.6. The lowest BCUT2D eigenvalue weighted by molar-refractivity contribution is -0.645. The van der Waals surface area contributed by atoms with Crippen molar-refractivity contribution in [3.8, 4) is 0 Å². The molecule has 0 bridgehead atoms. The van der Waals surface area contributed by atoms with Gasteiger partial charge in [-0.05, 0) is 17.8 Å². The number of pyridine rings is 1. The monoisotopic (exact) mass is 297 g/mol. The zero-order valence-corrected chi connectivity index (χ0v) is 12.9. The molecule has 0 aliphatic carbocycles. The lowest BCUT2D eigenvalue weighted by atomic mass is 9.91. The van der Waals surface area contributed by atoms with Crippen LogP contribution in [-0.2, 0) is 4.84 Å². The van der Waals surface area contributed by atoms with Gasteiger partial charge in [-0.3, -0.25) is 4.84 Å². The van der Waals surface area contributed by atoms with E-state index in [0.29, 0.717) is 16.5 Å². The van der Waals surface area contributed by atoms with Gasteiger partial charge in [0.1, 0.15) is 0 Å². The van der Waals surface area contributed by atoms with E-state index >= 15 is 0 Å². The highest BCUT2D eigenvalue weighted by Gasteiger charge is 2.22. The van der Waals surface area contributed by atoms with Gasteiger partial charge in [0.05, 0.1) is 5.71 Å². The van der Waals surface area contributed by atoms with Crippen LogP contribution in [0.2, 0.25) is 0 Å². The topological polar surface area (TPSA) is 77.6 Å². The lowest BCUT2D eigenvalue weighted by Crippen LogP contribution is -2.29. The first-order valence-corrected chi connectivity index (χ1v) is 7.10. The third kappa shape index (κ3) is 5.08. The van der Waals surface area contributed by atoms with Crippen LogP contribution < -0.4 is 10.0 Å². The number of nitrogens with zero attached hydrogens (tertiary/aromatic N) is 2. The average Bonchev–Trinajstić information content (AvgIpc) is 2.38. The molecule has 0 atom stereocenters. The van der Waals surface area contributed by atoms with Crippen molar-refractivity contribution in [1.29, 1.82) is 0 Å². The van der Waals surface area contributed by atoms with Crippen LogP contribution in [-0.4, -0.2) is 24.6 Å². The summed E-state index contributed by atoms with van der Waals surface area (Å²) in [6.07, 6.45) is 0.826. The molecule has 0 unspecified atom stereocenters. The Morgan fingerprint density at radius 1 is 1.50 bits per heavy atom. The minimum atomic E-state index is -0.615. The maximum Gasteiger partial charge on any atom is 0.433 e. The summed E-state index contributed by atoms with van der Waals surface area (Å²) in [7, 11) is 1.47. The third-order valence-corrected chi connectivity index (χ3v) is 3.48. The molecule has 20 heavy (non-hydrogen) atoms. The van der Waals surface area contributed by atoms with Crippen molar-refractivity contribution < 1.29 is 14.4 Å². The molecule has 0 saturated carbocycles. The smallest absolute Gasteiger partial charge is 0.433 e. The summed E-state index contributed by atoms with van der Waals surface area (Å²) in [5.41, 5.74) is 0.429. The molecule has 0 spiro atoms. The number of rotatable bonds is 4. The van der Waals surface area contributed by atoms with Gasteiger partial charge in [0.25, 0.3) is 5.03 Å². The maximum atomic E-state index is 11.6. The highest BCUT2D eigenvalue weighted by Crippen LogP contribution is 2.22. The number of thioether (sulfide) groups is 1. The summed E-state index contributed by atoms with van der Waals surface area (Å²) in [5.74, 6) is 0.465. The molecule has 1 aromatic heterocycles. The van der Waals surface area contributed by atoms with Crippen molar-refractivity contribution in [3.05, 3.63) is 29.6 Å². The van der Waals surface area contributed by atoms with Gasteiger partial charge < -0.3 is 10.5 Å². The third-order valence-electron chi connectivity index (χ3n) is 2.45. The van der Waals surface area contributed by atoms with E-state index < -0.39 is 6.09 Å². The molecule has 0 radical (unpaired) electrons. The molecule has 0 fully saturated rings. The van der Waals surface area contributed by atoms with Gasteiger partial charge in [0, 0.05) is 30.3 Å². The van der Waals surface area contributed by atoms with E-state index in [-0.39, 0.29) is 5.41 Å². The Balaban J connectivity index is 2.76. The number of carbonyl (C=O) groups is 1. The van der Waals surface area contributed by atoms with Crippen LogP contribution in [0.4, 0.5) is 4.79 Å². The second kappa shape index (κ2) is 7.14. The van der Waals surface area contributed by atoms with Crippen LogP contribution in [0.5, 0.6) is 0 Å². The fourth-order valence-electron chi connectivity index (χ4n) is 1.19. The molecule has 0 aliphatic heterocycles. The van der Waals surface area contributed by atoms with Crippen molar-refractivity contribution in [2.24, 2.45) is 10.6 Å². The number of amides is 1. The summed E-state index contributed by atoms with van der Waals surface area (Å²) in [4.78, 5) is 15.8. The quantitative estimate of drug-likeness (QED) is 0.231. The summed E-state index contributed by atoms with van der Waals surface area (Å²) in [6, 6.07) is 5.20. The van der Waals surface area contributed by atoms with Crippen LogP contribution in [0.3, 0.4) is 0 Å². The normalized spacial score (nSPS) is 12.1. The highest BCUT2D eigenvalue weighted by atomic mass is 32.2. The Kier molecular flexibility index (Phi) is 5.82. The number of oxime groups is 1. The standard InChI is InChI=1S/C13H19N3O3S/c1-13(2,3)10(15-19-12(17)14-4)9-20-11-7-5-6-8-16(11)18/h5-8H,9H2,1-4H3,(H,14,17)/b15-10-. The predicted molar refractivity (Wildman–Crippen MR) is 78.6 cm³/mol. The summed E-state index contributed by atoms with van der Waals surface area (Å²) >= 11 is 1.35. The molecule has 0 aromatic carbocycles. The Morgan fingerprint density at radius 2 is 2.20 bits per heavy atom. The Morgan fingerprint density at radius 3 is 2.75 bits per heavy atom. The van der Waals surface area contributed by atoms with Gasteiger partial charge in [-0.2, -0.15) is 4.73 Å². The Bertz CT molecular complexity index is 498. The van der Waals surface area contributed by atoms with Crippen LogP contribution in [0, 0.1) is 10.6 Å². The van der Waals surface area contributed by atoms with E-state index in [0.717, 1.165) is 4.73 Å². The van der Waals surface area contributed by atoms with Crippen molar-refractivity contribution >= 4 is 23.6 Å². The van der Waals surface area contributed by atoms with Crippen molar-refractivity contribution in [3.63, 3.8) is 0 Å². The second-order valence-electron chi connectivity index (χ2n) is 5.07. The van der Waals surface area contributed by atoms with E-state index in [1.807, 2.05) is 20.8 Å². The van der Waals surface area contributed by atoms with Crippen LogP contribution in [0.25, 0.3) is 0 Å². The number of hydrogen-bond acceptors (Lipinski definition) is 5. The first-order chi connectivity index (χ1) is 9.34. The summed E-state index contributed by atoms with van der Waals surface area (Å²) < 4.78 is 0.796. The molecule has 1 amide bonds. The van der Waals surface area contributed by atoms with E-state index in [4.69, 9.17) is 4.84 Å². The van der Waals surface area contributed by atoms with Crippen molar-refractivity contribution in [2.45, 2.75) is 25.8 Å². The molecule has 0 saturated heterocycles. The first-order valence-electron chi connectivity index (χ1n) is 6.11. The largest absolute Gasteiger partial charge is 0.618 e. The second-order valence-corrected chi connectivity index (χ2v) is 6.07. The minimum absolute atomic E-state index is 0.260. The van der Waals surface area contributed by atoms with E-state index in [2.05, 4.69) is 10.5 Å². The first kappa shape index (κ1) is 16.3. The Hall–Kier alpha value is -1.76. The lowest BCUT2D eigenvalue weighted by Gasteiger charge is -2.19. The zero-order valence-electron chi connectivity index (χ0n) is 12.0. The number of aromatic nitrogens is 1. The molecule has 0 aliphatic rings. The molecule has 1 N–H and O–H groups in total. The van der Waals surface area contributed by atoms with Gasteiger partial charge >= 0.3 is 6.09 Å². The van der Waals surface area contributed by atoms with Crippen molar-refractivity contribution in [1.82, 2.24) is 5.32 Å². The van der Waals surface area contributed by atoms with Gasteiger partial charge in [-0.15, -0.1) is 0 Å². The molecule has 1 heterocycles. The average molecular weight is 297 g/mol. The predicted octanol–water partition coefficient (Wildman–Crippen LogP) is 2.17. The number of nitrogens with one attached hydrogen (secondary N) is 1. The van der Waals surface area contributed by atoms with Gasteiger partial charge in [0.15, 0.2) is 6.20 Å².